The molecule has 19 heavy (non-hydrogen) atoms. The highest BCUT2D eigenvalue weighted by atomic mass is 35.5. The van der Waals surface area contributed by atoms with Crippen LogP contribution in [-0.2, 0) is 0 Å². The zero-order valence-electron chi connectivity index (χ0n) is 12.2. The maximum Gasteiger partial charge on any atom is 0.0438 e. The normalized spacial score (nSPS) is 25.3. The molecule has 2 unspecified atom stereocenters. The highest BCUT2D eigenvalue weighted by Crippen LogP contribution is 2.35. The summed E-state index contributed by atoms with van der Waals surface area (Å²) in [6.07, 6.45) is 3.92. The zero-order chi connectivity index (χ0) is 13.8. The van der Waals surface area contributed by atoms with E-state index in [-0.39, 0.29) is 0 Å². The molecule has 0 radical (unpaired) electrons. The van der Waals surface area contributed by atoms with Gasteiger partial charge in [0.15, 0.2) is 0 Å². The summed E-state index contributed by atoms with van der Waals surface area (Å²) < 4.78 is 0. The molecule has 1 aromatic carbocycles. The number of aryl methyl sites for hydroxylation is 1. The van der Waals surface area contributed by atoms with Crippen LogP contribution in [0.25, 0.3) is 0 Å². The molecule has 0 bridgehead atoms. The largest absolute Gasteiger partial charge is 0.319 e. The maximum atomic E-state index is 6.31. The van der Waals surface area contributed by atoms with Crippen LogP contribution in [0.2, 0.25) is 5.02 Å². The van der Waals surface area contributed by atoms with Crippen molar-refractivity contribution in [1.29, 1.82) is 0 Å². The van der Waals surface area contributed by atoms with Gasteiger partial charge in [-0.2, -0.15) is 0 Å². The lowest BCUT2D eigenvalue weighted by Crippen LogP contribution is -2.34. The lowest BCUT2D eigenvalue weighted by molar-refractivity contribution is 0.191. The summed E-state index contributed by atoms with van der Waals surface area (Å²) in [6, 6.07) is 7.03. The molecule has 3 heteroatoms. The maximum absolute atomic E-state index is 6.31. The molecular formula is C16H25ClN2. The number of halogens is 1. The molecule has 0 spiro atoms. The average Bonchev–Trinajstić information content (AvgIpc) is 2.56. The Morgan fingerprint density at radius 3 is 2.84 bits per heavy atom. The van der Waals surface area contributed by atoms with Gasteiger partial charge in [-0.05, 0) is 70.1 Å². The molecule has 0 amide bonds. The van der Waals surface area contributed by atoms with E-state index in [0.29, 0.717) is 12.0 Å². The summed E-state index contributed by atoms with van der Waals surface area (Å²) in [5.41, 5.74) is 2.52. The molecule has 1 aliphatic rings. The molecule has 1 aromatic rings. The van der Waals surface area contributed by atoms with Crippen LogP contribution < -0.4 is 5.32 Å². The van der Waals surface area contributed by atoms with Gasteiger partial charge in [0.2, 0.25) is 0 Å². The first-order chi connectivity index (χ1) is 9.13. The number of rotatable bonds is 3. The van der Waals surface area contributed by atoms with Crippen LogP contribution >= 0.6 is 11.6 Å². The van der Waals surface area contributed by atoms with Gasteiger partial charge < -0.3 is 5.32 Å². The molecule has 1 fully saturated rings. The number of likely N-dealkylation sites (tertiary alicyclic amines) is 1. The van der Waals surface area contributed by atoms with Gasteiger partial charge in [-0.25, -0.2) is 0 Å². The van der Waals surface area contributed by atoms with Crippen LogP contribution in [0.4, 0.5) is 0 Å². The van der Waals surface area contributed by atoms with Crippen molar-refractivity contribution in [3.05, 3.63) is 34.3 Å². The first-order valence-electron chi connectivity index (χ1n) is 7.24. The minimum atomic E-state index is 0.480. The molecule has 1 N–H and O–H groups in total. The first kappa shape index (κ1) is 14.8. The second kappa shape index (κ2) is 6.74. The Morgan fingerprint density at radius 2 is 2.16 bits per heavy atom. The second-order valence-corrected chi connectivity index (χ2v) is 6.15. The average molecular weight is 281 g/mol. The van der Waals surface area contributed by atoms with E-state index < -0.39 is 0 Å². The molecule has 2 nitrogen and oxygen atoms in total. The van der Waals surface area contributed by atoms with Crippen LogP contribution in [0.3, 0.4) is 0 Å². The van der Waals surface area contributed by atoms with Crippen LogP contribution in [-0.4, -0.2) is 32.1 Å². The van der Waals surface area contributed by atoms with Gasteiger partial charge in [0.05, 0.1) is 0 Å². The van der Waals surface area contributed by atoms with Gasteiger partial charge in [0.25, 0.3) is 0 Å². The Bertz CT molecular complexity index is 419. The SMILES string of the molecule is CNCC1CCCCN(C)C1c1ccc(C)c(Cl)c1. The Labute approximate surface area is 122 Å². The molecule has 2 rings (SSSR count). The van der Waals surface area contributed by atoms with Crippen molar-refractivity contribution in [3.8, 4) is 0 Å². The minimum Gasteiger partial charge on any atom is -0.319 e. The van der Waals surface area contributed by atoms with Gasteiger partial charge in [0.1, 0.15) is 0 Å². The van der Waals surface area contributed by atoms with Gasteiger partial charge in [-0.15, -0.1) is 0 Å². The fourth-order valence-corrected chi connectivity index (χ4v) is 3.41. The molecule has 2 atom stereocenters. The Hall–Kier alpha value is -0.570. The van der Waals surface area contributed by atoms with Gasteiger partial charge in [-0.3, -0.25) is 4.90 Å². The third-order valence-electron chi connectivity index (χ3n) is 4.26. The Balaban J connectivity index is 2.31. The number of hydrogen-bond donors (Lipinski definition) is 1. The van der Waals surface area contributed by atoms with Gasteiger partial charge in [0, 0.05) is 11.1 Å². The molecule has 1 heterocycles. The lowest BCUT2D eigenvalue weighted by Gasteiger charge is -2.33. The van der Waals surface area contributed by atoms with Crippen molar-refractivity contribution in [2.45, 2.75) is 32.2 Å². The standard InChI is InChI=1S/C16H25ClN2/c1-12-7-8-13(10-15(12)17)16-14(11-18-2)6-4-5-9-19(16)3/h7-8,10,14,16,18H,4-6,9,11H2,1-3H3. The lowest BCUT2D eigenvalue weighted by atomic mass is 9.89. The molecule has 1 aliphatic heterocycles. The van der Waals surface area contributed by atoms with Crippen molar-refractivity contribution in [2.24, 2.45) is 5.92 Å². The highest BCUT2D eigenvalue weighted by molar-refractivity contribution is 6.31. The summed E-state index contributed by atoms with van der Waals surface area (Å²) in [6.45, 7) is 4.31. The number of nitrogens with one attached hydrogen (secondary N) is 1. The molecule has 0 aromatic heterocycles. The predicted molar refractivity (Wildman–Crippen MR) is 82.8 cm³/mol. The smallest absolute Gasteiger partial charge is 0.0438 e. The Morgan fingerprint density at radius 1 is 1.37 bits per heavy atom. The van der Waals surface area contributed by atoms with E-state index >= 15 is 0 Å². The summed E-state index contributed by atoms with van der Waals surface area (Å²) in [5.74, 6) is 0.663. The molecule has 106 valence electrons. The number of hydrogen-bond acceptors (Lipinski definition) is 2. The summed E-state index contributed by atoms with van der Waals surface area (Å²) in [7, 11) is 4.29. The van der Waals surface area contributed by atoms with Crippen LogP contribution in [0.5, 0.6) is 0 Å². The van der Waals surface area contributed by atoms with E-state index in [1.165, 1.54) is 31.4 Å². The van der Waals surface area contributed by atoms with E-state index in [4.69, 9.17) is 11.6 Å². The van der Waals surface area contributed by atoms with Crippen LogP contribution in [0.1, 0.15) is 36.4 Å². The number of benzene rings is 1. The first-order valence-corrected chi connectivity index (χ1v) is 7.62. The summed E-state index contributed by atoms with van der Waals surface area (Å²) >= 11 is 6.31. The summed E-state index contributed by atoms with van der Waals surface area (Å²) in [4.78, 5) is 2.50. The van der Waals surface area contributed by atoms with Crippen molar-refractivity contribution >= 4 is 11.6 Å². The molecule has 1 saturated heterocycles. The Kier molecular flexibility index (Phi) is 5.26. The van der Waals surface area contributed by atoms with E-state index in [2.05, 4.69) is 42.4 Å². The van der Waals surface area contributed by atoms with Crippen molar-refractivity contribution < 1.29 is 0 Å². The van der Waals surface area contributed by atoms with Gasteiger partial charge in [-0.1, -0.05) is 30.2 Å². The fourth-order valence-electron chi connectivity index (χ4n) is 3.22. The van der Waals surface area contributed by atoms with E-state index in [9.17, 15) is 0 Å². The quantitative estimate of drug-likeness (QED) is 0.909. The predicted octanol–water partition coefficient (Wildman–Crippen LogP) is 3.64. The molecule has 0 aliphatic carbocycles. The summed E-state index contributed by atoms with van der Waals surface area (Å²) in [5, 5.41) is 4.24. The third kappa shape index (κ3) is 3.50. The monoisotopic (exact) mass is 280 g/mol. The molecular weight excluding hydrogens is 256 g/mol. The van der Waals surface area contributed by atoms with E-state index in [1.54, 1.807) is 0 Å². The third-order valence-corrected chi connectivity index (χ3v) is 4.67. The minimum absolute atomic E-state index is 0.480. The fraction of sp³-hybridized carbons (Fsp3) is 0.625. The zero-order valence-corrected chi connectivity index (χ0v) is 13.0. The van der Waals surface area contributed by atoms with Crippen molar-refractivity contribution in [1.82, 2.24) is 10.2 Å². The van der Waals surface area contributed by atoms with Crippen molar-refractivity contribution in [2.75, 3.05) is 27.2 Å². The topological polar surface area (TPSA) is 15.3 Å². The van der Waals surface area contributed by atoms with Crippen LogP contribution in [0, 0.1) is 12.8 Å². The second-order valence-electron chi connectivity index (χ2n) is 5.75. The van der Waals surface area contributed by atoms with E-state index in [0.717, 1.165) is 17.1 Å². The van der Waals surface area contributed by atoms with Crippen LogP contribution in [0.15, 0.2) is 18.2 Å². The van der Waals surface area contributed by atoms with Gasteiger partial charge >= 0.3 is 0 Å². The highest BCUT2D eigenvalue weighted by Gasteiger charge is 2.28. The molecule has 0 saturated carbocycles. The number of nitrogens with zero attached hydrogens (tertiary/aromatic N) is 1. The van der Waals surface area contributed by atoms with Crippen molar-refractivity contribution in [3.63, 3.8) is 0 Å². The van der Waals surface area contributed by atoms with E-state index in [1.807, 2.05) is 7.05 Å².